The Labute approximate surface area is 134 Å². The van der Waals surface area contributed by atoms with Crippen LogP contribution >= 0.6 is 11.3 Å². The lowest BCUT2D eigenvalue weighted by molar-refractivity contribution is 0.0717. The Balaban J connectivity index is 1.75. The topological polar surface area (TPSA) is 62.2 Å². The lowest BCUT2D eigenvalue weighted by Gasteiger charge is -2.28. The Morgan fingerprint density at radius 1 is 1.36 bits per heavy atom. The van der Waals surface area contributed by atoms with E-state index >= 15 is 0 Å². The standard InChI is InChI=1S/C17H20N2O2S/c1-11-10-22-17(18-11)13-6-4-5-12(9-13)16(21)19-14-7-2-3-8-15(14)20/h4-6,9-10,14-15,20H,2-3,7-8H2,1H3,(H,19,21). The van der Waals surface area contributed by atoms with Crippen molar-refractivity contribution in [2.45, 2.75) is 44.8 Å². The predicted molar refractivity (Wildman–Crippen MR) is 88.0 cm³/mol. The van der Waals surface area contributed by atoms with Crippen molar-refractivity contribution in [3.05, 3.63) is 40.9 Å². The first kappa shape index (κ1) is 15.2. The zero-order chi connectivity index (χ0) is 15.5. The third-order valence-corrected chi connectivity index (χ3v) is 5.05. The molecule has 0 spiro atoms. The first-order chi connectivity index (χ1) is 10.6. The molecular formula is C17H20N2O2S. The normalized spacial score (nSPS) is 21.5. The van der Waals surface area contributed by atoms with Gasteiger partial charge in [0, 0.05) is 22.2 Å². The van der Waals surface area contributed by atoms with Gasteiger partial charge in [0.15, 0.2) is 0 Å². The highest BCUT2D eigenvalue weighted by molar-refractivity contribution is 7.13. The van der Waals surface area contributed by atoms with Gasteiger partial charge < -0.3 is 10.4 Å². The molecule has 3 rings (SSSR count). The molecule has 5 heteroatoms. The Bertz CT molecular complexity index is 668. The van der Waals surface area contributed by atoms with E-state index in [1.807, 2.05) is 30.5 Å². The van der Waals surface area contributed by atoms with E-state index in [1.54, 1.807) is 17.4 Å². The minimum Gasteiger partial charge on any atom is -0.391 e. The summed E-state index contributed by atoms with van der Waals surface area (Å²) in [5.74, 6) is -0.124. The lowest BCUT2D eigenvalue weighted by Crippen LogP contribution is -2.45. The maximum atomic E-state index is 12.4. The molecule has 1 saturated carbocycles. The zero-order valence-corrected chi connectivity index (χ0v) is 13.4. The van der Waals surface area contributed by atoms with E-state index in [-0.39, 0.29) is 11.9 Å². The smallest absolute Gasteiger partial charge is 0.251 e. The molecule has 2 unspecified atom stereocenters. The second-order valence-corrected chi connectivity index (χ2v) is 6.66. The molecule has 1 aliphatic carbocycles. The van der Waals surface area contributed by atoms with Gasteiger partial charge in [-0.15, -0.1) is 11.3 Å². The summed E-state index contributed by atoms with van der Waals surface area (Å²) in [6, 6.07) is 7.37. The van der Waals surface area contributed by atoms with Gasteiger partial charge in [-0.3, -0.25) is 4.79 Å². The second kappa shape index (κ2) is 6.58. The van der Waals surface area contributed by atoms with Crippen LogP contribution in [-0.4, -0.2) is 28.1 Å². The summed E-state index contributed by atoms with van der Waals surface area (Å²) in [6.45, 7) is 1.96. The van der Waals surface area contributed by atoms with Crippen molar-refractivity contribution in [3.8, 4) is 10.6 Å². The molecule has 0 aliphatic heterocycles. The van der Waals surface area contributed by atoms with E-state index in [1.165, 1.54) is 0 Å². The molecule has 22 heavy (non-hydrogen) atoms. The van der Waals surface area contributed by atoms with Crippen LogP contribution in [0.15, 0.2) is 29.6 Å². The van der Waals surface area contributed by atoms with Crippen LogP contribution in [0.1, 0.15) is 41.7 Å². The fourth-order valence-corrected chi connectivity index (χ4v) is 3.61. The summed E-state index contributed by atoms with van der Waals surface area (Å²) in [5.41, 5.74) is 2.55. The molecular weight excluding hydrogens is 296 g/mol. The quantitative estimate of drug-likeness (QED) is 0.914. The highest BCUT2D eigenvalue weighted by atomic mass is 32.1. The van der Waals surface area contributed by atoms with Gasteiger partial charge >= 0.3 is 0 Å². The van der Waals surface area contributed by atoms with E-state index in [9.17, 15) is 9.90 Å². The Morgan fingerprint density at radius 2 is 2.18 bits per heavy atom. The van der Waals surface area contributed by atoms with Crippen LogP contribution in [0.5, 0.6) is 0 Å². The number of aliphatic hydroxyl groups is 1. The summed E-state index contributed by atoms with van der Waals surface area (Å²) >= 11 is 1.58. The van der Waals surface area contributed by atoms with Gasteiger partial charge in [0.1, 0.15) is 5.01 Å². The Morgan fingerprint density at radius 3 is 2.91 bits per heavy atom. The van der Waals surface area contributed by atoms with Crippen LogP contribution in [0.3, 0.4) is 0 Å². The molecule has 1 aliphatic rings. The summed E-state index contributed by atoms with van der Waals surface area (Å²) < 4.78 is 0. The van der Waals surface area contributed by atoms with Gasteiger partial charge in [0.05, 0.1) is 12.1 Å². The highest BCUT2D eigenvalue weighted by Gasteiger charge is 2.24. The minimum absolute atomic E-state index is 0.124. The molecule has 2 N–H and O–H groups in total. The predicted octanol–water partition coefficient (Wildman–Crippen LogP) is 3.15. The molecule has 0 radical (unpaired) electrons. The van der Waals surface area contributed by atoms with Gasteiger partial charge in [0.25, 0.3) is 5.91 Å². The molecule has 2 aromatic rings. The highest BCUT2D eigenvalue weighted by Crippen LogP contribution is 2.24. The largest absolute Gasteiger partial charge is 0.391 e. The average molecular weight is 316 g/mol. The molecule has 1 heterocycles. The van der Waals surface area contributed by atoms with Crippen molar-refractivity contribution in [3.63, 3.8) is 0 Å². The fraction of sp³-hybridized carbons (Fsp3) is 0.412. The van der Waals surface area contributed by atoms with Gasteiger partial charge in [-0.05, 0) is 31.9 Å². The molecule has 2 atom stereocenters. The second-order valence-electron chi connectivity index (χ2n) is 5.81. The average Bonchev–Trinajstić information content (AvgIpc) is 2.96. The monoisotopic (exact) mass is 316 g/mol. The molecule has 1 aromatic carbocycles. The number of carbonyl (C=O) groups excluding carboxylic acids is 1. The molecule has 1 amide bonds. The van der Waals surface area contributed by atoms with Crippen molar-refractivity contribution in [1.82, 2.24) is 10.3 Å². The molecule has 0 saturated heterocycles. The third kappa shape index (κ3) is 3.36. The van der Waals surface area contributed by atoms with Gasteiger partial charge in [-0.25, -0.2) is 4.98 Å². The number of nitrogens with zero attached hydrogens (tertiary/aromatic N) is 1. The zero-order valence-electron chi connectivity index (χ0n) is 12.6. The van der Waals surface area contributed by atoms with Gasteiger partial charge in [-0.2, -0.15) is 0 Å². The van der Waals surface area contributed by atoms with E-state index < -0.39 is 6.10 Å². The Kier molecular flexibility index (Phi) is 4.55. The van der Waals surface area contributed by atoms with E-state index in [0.717, 1.165) is 41.9 Å². The number of aliphatic hydroxyl groups excluding tert-OH is 1. The van der Waals surface area contributed by atoms with E-state index in [0.29, 0.717) is 5.56 Å². The SMILES string of the molecule is Cc1csc(-c2cccc(C(=O)NC3CCCCC3O)c2)n1. The number of amides is 1. The van der Waals surface area contributed by atoms with Gasteiger partial charge in [-0.1, -0.05) is 25.0 Å². The maximum absolute atomic E-state index is 12.4. The number of aryl methyl sites for hydroxylation is 1. The van der Waals surface area contributed by atoms with Crippen LogP contribution in [0, 0.1) is 6.92 Å². The molecule has 0 bridgehead atoms. The summed E-state index contributed by atoms with van der Waals surface area (Å²) in [7, 11) is 0. The first-order valence-electron chi connectivity index (χ1n) is 7.65. The Hall–Kier alpha value is -1.72. The van der Waals surface area contributed by atoms with Crippen molar-refractivity contribution in [2.75, 3.05) is 0 Å². The number of nitrogens with one attached hydrogen (secondary N) is 1. The summed E-state index contributed by atoms with van der Waals surface area (Å²) in [6.07, 6.45) is 3.27. The number of rotatable bonds is 3. The van der Waals surface area contributed by atoms with Crippen LogP contribution in [-0.2, 0) is 0 Å². The van der Waals surface area contributed by atoms with Crippen molar-refractivity contribution < 1.29 is 9.90 Å². The maximum Gasteiger partial charge on any atom is 0.251 e. The number of hydrogen-bond acceptors (Lipinski definition) is 4. The van der Waals surface area contributed by atoms with Crippen LogP contribution in [0.2, 0.25) is 0 Å². The molecule has 1 aromatic heterocycles. The molecule has 4 nitrogen and oxygen atoms in total. The van der Waals surface area contributed by atoms with Crippen molar-refractivity contribution in [2.24, 2.45) is 0 Å². The van der Waals surface area contributed by atoms with Crippen molar-refractivity contribution >= 4 is 17.2 Å². The van der Waals surface area contributed by atoms with Crippen LogP contribution in [0.25, 0.3) is 10.6 Å². The van der Waals surface area contributed by atoms with Gasteiger partial charge in [0.2, 0.25) is 0 Å². The number of carbonyl (C=O) groups is 1. The number of thiazole rings is 1. The van der Waals surface area contributed by atoms with Crippen molar-refractivity contribution in [1.29, 1.82) is 0 Å². The van der Waals surface area contributed by atoms with Crippen LogP contribution < -0.4 is 5.32 Å². The number of hydrogen-bond donors (Lipinski definition) is 2. The number of aromatic nitrogens is 1. The van der Waals surface area contributed by atoms with Crippen LogP contribution in [0.4, 0.5) is 0 Å². The lowest BCUT2D eigenvalue weighted by atomic mass is 9.92. The third-order valence-electron chi connectivity index (χ3n) is 4.04. The molecule has 116 valence electrons. The minimum atomic E-state index is -0.428. The fourth-order valence-electron chi connectivity index (χ4n) is 2.81. The van der Waals surface area contributed by atoms with E-state index in [2.05, 4.69) is 10.3 Å². The number of benzene rings is 1. The summed E-state index contributed by atoms with van der Waals surface area (Å²) in [5, 5.41) is 15.9. The first-order valence-corrected chi connectivity index (χ1v) is 8.53. The van der Waals surface area contributed by atoms with E-state index in [4.69, 9.17) is 0 Å². The molecule has 1 fully saturated rings. The summed E-state index contributed by atoms with van der Waals surface area (Å²) in [4.78, 5) is 16.9.